The Morgan fingerprint density at radius 2 is 1.52 bits per heavy atom. The molecular formula is C16H30O7. The second kappa shape index (κ2) is 13.4. The molecule has 0 aliphatic carbocycles. The monoisotopic (exact) mass is 334 g/mol. The Hall–Kier alpha value is -1.02. The lowest BCUT2D eigenvalue weighted by Gasteiger charge is -2.23. The molecule has 0 heterocycles. The fraction of sp³-hybridized carbons (Fsp3) is 0.875. The van der Waals surface area contributed by atoms with Gasteiger partial charge in [-0.15, -0.1) is 0 Å². The molecule has 136 valence electrons. The molecular weight excluding hydrogens is 304 g/mol. The third-order valence-electron chi connectivity index (χ3n) is 3.63. The first-order valence-corrected chi connectivity index (χ1v) is 8.27. The SMILES string of the molecule is CCCCCCCCCC(=O)OC[C@@H](O)[C@@H](O)[C@H](O)[C@@H](O)C=O. The molecule has 0 radical (unpaired) electrons. The average Bonchev–Trinajstić information content (AvgIpc) is 2.56. The molecule has 4 atom stereocenters. The number of unbranched alkanes of at least 4 members (excludes halogenated alkanes) is 6. The van der Waals surface area contributed by atoms with Crippen molar-refractivity contribution in [2.24, 2.45) is 0 Å². The molecule has 0 amide bonds. The van der Waals surface area contributed by atoms with Crippen LogP contribution in [0, 0.1) is 0 Å². The van der Waals surface area contributed by atoms with Crippen molar-refractivity contribution in [3.63, 3.8) is 0 Å². The summed E-state index contributed by atoms with van der Waals surface area (Å²) in [4.78, 5) is 21.8. The van der Waals surface area contributed by atoms with Crippen LogP contribution in [-0.4, -0.2) is 63.7 Å². The van der Waals surface area contributed by atoms with Crippen LogP contribution >= 0.6 is 0 Å². The Morgan fingerprint density at radius 1 is 0.957 bits per heavy atom. The summed E-state index contributed by atoms with van der Waals surface area (Å²) >= 11 is 0. The number of hydrogen-bond acceptors (Lipinski definition) is 7. The van der Waals surface area contributed by atoms with E-state index in [9.17, 15) is 24.9 Å². The molecule has 0 aliphatic rings. The highest BCUT2D eigenvalue weighted by Gasteiger charge is 2.30. The maximum atomic E-state index is 11.5. The van der Waals surface area contributed by atoms with Gasteiger partial charge in [0.2, 0.25) is 0 Å². The number of ether oxygens (including phenoxy) is 1. The standard InChI is InChI=1S/C16H30O7/c1-2-3-4-5-6-7-8-9-14(20)23-11-13(19)16(22)15(21)12(18)10-17/h10,12-13,15-16,18-19,21-22H,2-9,11H2,1H3/t12-,13+,15+,16+/m0/s1. The summed E-state index contributed by atoms with van der Waals surface area (Å²) in [6.07, 6.45) is 0.806. The Bertz CT molecular complexity index is 322. The molecule has 0 aromatic heterocycles. The third kappa shape index (κ3) is 10.4. The predicted octanol–water partition coefficient (Wildman–Crippen LogP) is 0.313. The van der Waals surface area contributed by atoms with E-state index in [-0.39, 0.29) is 12.7 Å². The van der Waals surface area contributed by atoms with Gasteiger partial charge in [-0.25, -0.2) is 0 Å². The van der Waals surface area contributed by atoms with Crippen molar-refractivity contribution < 1.29 is 34.8 Å². The number of rotatable bonds is 14. The molecule has 7 heteroatoms. The Balaban J connectivity index is 3.77. The van der Waals surface area contributed by atoms with Crippen molar-refractivity contribution >= 4 is 12.3 Å². The molecule has 0 rings (SSSR count). The van der Waals surface area contributed by atoms with Crippen LogP contribution < -0.4 is 0 Å². The van der Waals surface area contributed by atoms with Crippen molar-refractivity contribution in [1.82, 2.24) is 0 Å². The highest BCUT2D eigenvalue weighted by atomic mass is 16.5. The molecule has 7 nitrogen and oxygen atoms in total. The van der Waals surface area contributed by atoms with Crippen LogP contribution in [-0.2, 0) is 14.3 Å². The van der Waals surface area contributed by atoms with Gasteiger partial charge < -0.3 is 30.0 Å². The molecule has 4 N–H and O–H groups in total. The van der Waals surface area contributed by atoms with Gasteiger partial charge in [0.25, 0.3) is 0 Å². The van der Waals surface area contributed by atoms with E-state index in [1.807, 2.05) is 0 Å². The lowest BCUT2D eigenvalue weighted by molar-refractivity contribution is -0.156. The molecule has 0 unspecified atom stereocenters. The van der Waals surface area contributed by atoms with Crippen molar-refractivity contribution in [2.45, 2.75) is 82.7 Å². The minimum absolute atomic E-state index is 0.0487. The van der Waals surface area contributed by atoms with Gasteiger partial charge in [0.05, 0.1) is 0 Å². The van der Waals surface area contributed by atoms with E-state index in [2.05, 4.69) is 6.92 Å². The van der Waals surface area contributed by atoms with E-state index in [1.165, 1.54) is 19.3 Å². The second-order valence-electron chi connectivity index (χ2n) is 5.73. The Morgan fingerprint density at radius 3 is 2.09 bits per heavy atom. The van der Waals surface area contributed by atoms with Gasteiger partial charge >= 0.3 is 5.97 Å². The molecule has 0 aliphatic heterocycles. The second-order valence-corrected chi connectivity index (χ2v) is 5.73. The highest BCUT2D eigenvalue weighted by molar-refractivity contribution is 5.69. The van der Waals surface area contributed by atoms with Crippen LogP contribution in [0.4, 0.5) is 0 Å². The highest BCUT2D eigenvalue weighted by Crippen LogP contribution is 2.09. The van der Waals surface area contributed by atoms with Crippen LogP contribution in [0.15, 0.2) is 0 Å². The summed E-state index contributed by atoms with van der Waals surface area (Å²) in [5.41, 5.74) is 0. The molecule has 23 heavy (non-hydrogen) atoms. The fourth-order valence-corrected chi connectivity index (χ4v) is 2.09. The van der Waals surface area contributed by atoms with Gasteiger partial charge in [-0.3, -0.25) is 4.79 Å². The average molecular weight is 334 g/mol. The van der Waals surface area contributed by atoms with Crippen molar-refractivity contribution in [1.29, 1.82) is 0 Å². The Labute approximate surface area is 137 Å². The maximum Gasteiger partial charge on any atom is 0.305 e. The molecule has 0 bridgehead atoms. The van der Waals surface area contributed by atoms with E-state index in [1.54, 1.807) is 0 Å². The summed E-state index contributed by atoms with van der Waals surface area (Å²) in [6, 6.07) is 0. The first kappa shape index (κ1) is 22.0. The normalized spacial score (nSPS) is 16.4. The largest absolute Gasteiger partial charge is 0.463 e. The van der Waals surface area contributed by atoms with Crippen molar-refractivity contribution in [3.8, 4) is 0 Å². The van der Waals surface area contributed by atoms with Crippen LogP contribution in [0.5, 0.6) is 0 Å². The molecule has 0 aromatic carbocycles. The van der Waals surface area contributed by atoms with Crippen LogP contribution in [0.1, 0.15) is 58.3 Å². The van der Waals surface area contributed by atoms with Crippen molar-refractivity contribution in [3.05, 3.63) is 0 Å². The quantitative estimate of drug-likeness (QED) is 0.205. The van der Waals surface area contributed by atoms with E-state index in [0.717, 1.165) is 19.3 Å². The fourth-order valence-electron chi connectivity index (χ4n) is 2.09. The first-order valence-electron chi connectivity index (χ1n) is 8.27. The van der Waals surface area contributed by atoms with E-state index in [0.29, 0.717) is 6.42 Å². The zero-order valence-electron chi connectivity index (χ0n) is 13.8. The van der Waals surface area contributed by atoms with Gasteiger partial charge in [0.15, 0.2) is 6.29 Å². The molecule has 0 saturated heterocycles. The summed E-state index contributed by atoms with van der Waals surface area (Å²) in [7, 11) is 0. The third-order valence-corrected chi connectivity index (χ3v) is 3.63. The number of aliphatic hydroxyl groups excluding tert-OH is 4. The number of hydrogen-bond donors (Lipinski definition) is 4. The van der Waals surface area contributed by atoms with Gasteiger partial charge in [-0.05, 0) is 6.42 Å². The number of carbonyl (C=O) groups is 2. The zero-order valence-corrected chi connectivity index (χ0v) is 13.8. The minimum Gasteiger partial charge on any atom is -0.463 e. The van der Waals surface area contributed by atoms with Crippen molar-refractivity contribution in [2.75, 3.05) is 6.61 Å². The molecule has 0 aromatic rings. The lowest BCUT2D eigenvalue weighted by atomic mass is 10.0. The number of aldehydes is 1. The first-order chi connectivity index (χ1) is 10.9. The number of aliphatic hydroxyl groups is 4. The number of carbonyl (C=O) groups excluding carboxylic acids is 2. The predicted molar refractivity (Wildman–Crippen MR) is 83.7 cm³/mol. The van der Waals surface area contributed by atoms with E-state index >= 15 is 0 Å². The zero-order chi connectivity index (χ0) is 17.7. The lowest BCUT2D eigenvalue weighted by Crippen LogP contribution is -2.46. The maximum absolute atomic E-state index is 11.5. The Kier molecular flexibility index (Phi) is 12.8. The smallest absolute Gasteiger partial charge is 0.305 e. The summed E-state index contributed by atoms with van der Waals surface area (Å²) in [5.74, 6) is -0.491. The van der Waals surface area contributed by atoms with Gasteiger partial charge in [-0.2, -0.15) is 0 Å². The van der Waals surface area contributed by atoms with Gasteiger partial charge in [0.1, 0.15) is 31.0 Å². The van der Waals surface area contributed by atoms with Crippen LogP contribution in [0.3, 0.4) is 0 Å². The molecule has 0 fully saturated rings. The van der Waals surface area contributed by atoms with Gasteiger partial charge in [-0.1, -0.05) is 45.4 Å². The minimum atomic E-state index is -1.83. The van der Waals surface area contributed by atoms with E-state index in [4.69, 9.17) is 9.84 Å². The van der Waals surface area contributed by atoms with Gasteiger partial charge in [0, 0.05) is 6.42 Å². The summed E-state index contributed by atoms with van der Waals surface area (Å²) in [5, 5.41) is 37.5. The van der Waals surface area contributed by atoms with Crippen LogP contribution in [0.25, 0.3) is 0 Å². The van der Waals surface area contributed by atoms with Crippen LogP contribution in [0.2, 0.25) is 0 Å². The topological polar surface area (TPSA) is 124 Å². The molecule has 0 saturated carbocycles. The molecule has 0 spiro atoms. The number of esters is 1. The summed E-state index contributed by atoms with van der Waals surface area (Å²) in [6.45, 7) is 1.65. The van der Waals surface area contributed by atoms with E-state index < -0.39 is 37.0 Å². The summed E-state index contributed by atoms with van der Waals surface area (Å²) < 4.78 is 4.80.